The molecule has 186 valence electrons. The van der Waals surface area contributed by atoms with E-state index in [4.69, 9.17) is 23.2 Å². The number of hydrogen-bond acceptors (Lipinski definition) is 4. The zero-order valence-corrected chi connectivity index (χ0v) is 21.9. The Balaban J connectivity index is 2.44. The molecule has 2 aromatic carbocycles. The first kappa shape index (κ1) is 27.9. The Hall–Kier alpha value is -2.36. The zero-order chi connectivity index (χ0) is 25.8. The number of hydrogen-bond donors (Lipinski definition) is 1. The van der Waals surface area contributed by atoms with Gasteiger partial charge in [-0.2, -0.15) is 0 Å². The summed E-state index contributed by atoms with van der Waals surface area (Å²) in [7, 11) is -4.02. The first-order chi connectivity index (χ1) is 15.6. The molecule has 0 aromatic heterocycles. The van der Waals surface area contributed by atoms with Crippen molar-refractivity contribution in [1.82, 2.24) is 10.2 Å². The van der Waals surface area contributed by atoms with E-state index >= 15 is 0 Å². The number of sulfonamides is 1. The van der Waals surface area contributed by atoms with E-state index in [1.165, 1.54) is 30.0 Å². The lowest BCUT2D eigenvalue weighted by Gasteiger charge is -2.33. The molecule has 2 amide bonds. The molecule has 1 atom stereocenters. The Morgan fingerprint density at radius 3 is 2.24 bits per heavy atom. The average molecular weight is 532 g/mol. The summed E-state index contributed by atoms with van der Waals surface area (Å²) in [6.45, 7) is 6.17. The van der Waals surface area contributed by atoms with E-state index in [-0.39, 0.29) is 17.3 Å². The molecule has 2 rings (SSSR count). The molecule has 0 aliphatic rings. The van der Waals surface area contributed by atoms with Crippen molar-refractivity contribution in [2.24, 2.45) is 0 Å². The molecule has 0 bridgehead atoms. The maximum atomic E-state index is 14.4. The number of rotatable bonds is 8. The average Bonchev–Trinajstić information content (AvgIpc) is 2.70. The molecular formula is C23H28Cl2FN3O4S. The molecule has 0 saturated carbocycles. The molecule has 0 fully saturated rings. The molecule has 0 radical (unpaired) electrons. The Morgan fingerprint density at radius 1 is 1.09 bits per heavy atom. The Bertz CT molecular complexity index is 1170. The highest BCUT2D eigenvalue weighted by atomic mass is 35.5. The maximum Gasteiger partial charge on any atom is 0.244 e. The lowest BCUT2D eigenvalue weighted by atomic mass is 10.1. The third kappa shape index (κ3) is 7.58. The second-order valence-corrected chi connectivity index (χ2v) is 11.6. The predicted octanol–water partition coefficient (Wildman–Crippen LogP) is 4.23. The van der Waals surface area contributed by atoms with Crippen LogP contribution in [0.5, 0.6) is 0 Å². The first-order valence-corrected chi connectivity index (χ1v) is 13.0. The summed E-state index contributed by atoms with van der Waals surface area (Å²) in [6, 6.07) is 9.04. The van der Waals surface area contributed by atoms with Gasteiger partial charge in [0.25, 0.3) is 0 Å². The third-order valence-electron chi connectivity index (χ3n) is 4.80. The molecular weight excluding hydrogens is 504 g/mol. The van der Waals surface area contributed by atoms with Crippen LogP contribution in [0, 0.1) is 5.82 Å². The van der Waals surface area contributed by atoms with E-state index in [1.807, 2.05) is 0 Å². The molecule has 11 heteroatoms. The summed E-state index contributed by atoms with van der Waals surface area (Å²) in [5, 5.41) is 3.40. The van der Waals surface area contributed by atoms with Crippen molar-refractivity contribution in [3.8, 4) is 0 Å². The minimum atomic E-state index is -4.02. The second-order valence-electron chi connectivity index (χ2n) is 8.91. The summed E-state index contributed by atoms with van der Waals surface area (Å²) in [5.41, 5.74) is -0.245. The van der Waals surface area contributed by atoms with Gasteiger partial charge in [-0.1, -0.05) is 41.4 Å². The van der Waals surface area contributed by atoms with Gasteiger partial charge >= 0.3 is 0 Å². The number of nitrogens with zero attached hydrogens (tertiary/aromatic N) is 2. The second kappa shape index (κ2) is 10.9. The standard InChI is InChI=1S/C23H28Cl2FN3O4S/c1-15(22(31)27-23(2,3)4)28(13-16-10-11-17(24)18(25)12-16)21(30)14-29(34(5,32)33)20-9-7-6-8-19(20)26/h6-12,15H,13-14H2,1-5H3,(H,27,31). The minimum Gasteiger partial charge on any atom is -0.350 e. The van der Waals surface area contributed by atoms with Gasteiger partial charge in [-0.25, -0.2) is 12.8 Å². The SMILES string of the molecule is CC(C(=O)NC(C)(C)C)N(Cc1ccc(Cl)c(Cl)c1)C(=O)CN(c1ccccc1F)S(C)(=O)=O. The third-order valence-corrected chi connectivity index (χ3v) is 6.67. The predicted molar refractivity (Wildman–Crippen MR) is 133 cm³/mol. The summed E-state index contributed by atoms with van der Waals surface area (Å²) in [4.78, 5) is 27.5. The fourth-order valence-electron chi connectivity index (χ4n) is 3.14. The summed E-state index contributed by atoms with van der Waals surface area (Å²) >= 11 is 12.1. The van der Waals surface area contributed by atoms with Crippen LogP contribution in [0.4, 0.5) is 10.1 Å². The van der Waals surface area contributed by atoms with Gasteiger partial charge < -0.3 is 10.2 Å². The molecule has 1 unspecified atom stereocenters. The molecule has 0 heterocycles. The summed E-state index contributed by atoms with van der Waals surface area (Å²) in [5.74, 6) is -1.93. The van der Waals surface area contributed by atoms with Crippen LogP contribution in [0.15, 0.2) is 42.5 Å². The summed E-state index contributed by atoms with van der Waals surface area (Å²) < 4.78 is 40.0. The van der Waals surface area contributed by atoms with E-state index in [0.717, 1.165) is 12.3 Å². The van der Waals surface area contributed by atoms with Gasteiger partial charge in [0.1, 0.15) is 18.4 Å². The molecule has 34 heavy (non-hydrogen) atoms. The van der Waals surface area contributed by atoms with Crippen LogP contribution in [0.1, 0.15) is 33.3 Å². The summed E-state index contributed by atoms with van der Waals surface area (Å²) in [6.07, 6.45) is 0.881. The highest BCUT2D eigenvalue weighted by Crippen LogP contribution is 2.25. The van der Waals surface area contributed by atoms with Gasteiger partial charge in [-0.15, -0.1) is 0 Å². The van der Waals surface area contributed by atoms with Gasteiger partial charge in [0.15, 0.2) is 0 Å². The molecule has 0 aliphatic heterocycles. The van der Waals surface area contributed by atoms with Crippen molar-refractivity contribution in [2.45, 2.75) is 45.8 Å². The number of carbonyl (C=O) groups is 2. The van der Waals surface area contributed by atoms with Crippen molar-refractivity contribution in [3.05, 3.63) is 63.9 Å². The number of amides is 2. The van der Waals surface area contributed by atoms with Crippen molar-refractivity contribution in [1.29, 1.82) is 0 Å². The molecule has 2 aromatic rings. The van der Waals surface area contributed by atoms with Gasteiger partial charge in [0.2, 0.25) is 21.8 Å². The number of halogens is 3. The van der Waals surface area contributed by atoms with Crippen molar-refractivity contribution in [3.63, 3.8) is 0 Å². The number of para-hydroxylation sites is 1. The Kier molecular flexibility index (Phi) is 8.96. The fraction of sp³-hybridized carbons (Fsp3) is 0.391. The molecule has 1 N–H and O–H groups in total. The van der Waals surface area contributed by atoms with E-state index in [2.05, 4.69) is 5.32 Å². The van der Waals surface area contributed by atoms with Gasteiger partial charge in [0, 0.05) is 12.1 Å². The van der Waals surface area contributed by atoms with Crippen LogP contribution in [0.25, 0.3) is 0 Å². The number of carbonyl (C=O) groups excluding carboxylic acids is 2. The Morgan fingerprint density at radius 2 is 1.71 bits per heavy atom. The smallest absolute Gasteiger partial charge is 0.244 e. The van der Waals surface area contributed by atoms with Crippen molar-refractivity contribution in [2.75, 3.05) is 17.1 Å². The van der Waals surface area contributed by atoms with Crippen LogP contribution in [0.3, 0.4) is 0 Å². The monoisotopic (exact) mass is 531 g/mol. The van der Waals surface area contributed by atoms with Gasteiger partial charge in [-0.3, -0.25) is 13.9 Å². The highest BCUT2D eigenvalue weighted by Gasteiger charge is 2.32. The molecule has 0 spiro atoms. The molecule has 0 aliphatic carbocycles. The lowest BCUT2D eigenvalue weighted by Crippen LogP contribution is -2.54. The van der Waals surface area contributed by atoms with Crippen LogP contribution >= 0.6 is 23.2 Å². The van der Waals surface area contributed by atoms with E-state index in [0.29, 0.717) is 14.9 Å². The van der Waals surface area contributed by atoms with Crippen LogP contribution in [-0.2, 0) is 26.2 Å². The number of nitrogens with one attached hydrogen (secondary N) is 1. The van der Waals surface area contributed by atoms with Crippen molar-refractivity contribution < 1.29 is 22.4 Å². The first-order valence-electron chi connectivity index (χ1n) is 10.4. The number of anilines is 1. The van der Waals surface area contributed by atoms with Gasteiger partial charge in [-0.05, 0) is 57.5 Å². The van der Waals surface area contributed by atoms with E-state index < -0.39 is 45.8 Å². The van der Waals surface area contributed by atoms with Crippen LogP contribution in [0.2, 0.25) is 10.0 Å². The largest absolute Gasteiger partial charge is 0.350 e. The number of benzene rings is 2. The maximum absolute atomic E-state index is 14.4. The van der Waals surface area contributed by atoms with E-state index in [1.54, 1.807) is 39.0 Å². The molecule has 7 nitrogen and oxygen atoms in total. The highest BCUT2D eigenvalue weighted by molar-refractivity contribution is 7.92. The topological polar surface area (TPSA) is 86.8 Å². The van der Waals surface area contributed by atoms with Crippen molar-refractivity contribution >= 4 is 50.7 Å². The Labute approximate surface area is 209 Å². The zero-order valence-electron chi connectivity index (χ0n) is 19.6. The van der Waals surface area contributed by atoms with E-state index in [9.17, 15) is 22.4 Å². The normalized spacial score (nSPS) is 12.7. The van der Waals surface area contributed by atoms with Crippen LogP contribution < -0.4 is 9.62 Å². The minimum absolute atomic E-state index is 0.0523. The fourth-order valence-corrected chi connectivity index (χ4v) is 4.31. The lowest BCUT2D eigenvalue weighted by molar-refractivity contribution is -0.140. The quantitative estimate of drug-likeness (QED) is 0.552. The molecule has 0 saturated heterocycles. The van der Waals surface area contributed by atoms with Crippen LogP contribution in [-0.4, -0.2) is 49.5 Å². The van der Waals surface area contributed by atoms with Gasteiger partial charge in [0.05, 0.1) is 22.0 Å².